The van der Waals surface area contributed by atoms with E-state index in [-0.39, 0.29) is 12.1 Å². The number of anilines is 1. The molecule has 0 unspecified atom stereocenters. The Labute approximate surface area is 193 Å². The zero-order valence-electron chi connectivity index (χ0n) is 18.5. The molecule has 6 heteroatoms. The Balaban J connectivity index is 1.50. The normalized spacial score (nSPS) is 16.4. The zero-order valence-corrected chi connectivity index (χ0v) is 18.5. The number of hydrogen-bond acceptors (Lipinski definition) is 5. The van der Waals surface area contributed by atoms with E-state index in [2.05, 4.69) is 28.8 Å². The van der Waals surface area contributed by atoms with Gasteiger partial charge in [0.2, 0.25) is 0 Å². The Kier molecular flexibility index (Phi) is 6.92. The van der Waals surface area contributed by atoms with Crippen LogP contribution in [0, 0.1) is 11.3 Å². The van der Waals surface area contributed by atoms with Crippen molar-refractivity contribution in [3.05, 3.63) is 95.1 Å². The molecule has 0 spiro atoms. The lowest BCUT2D eigenvalue weighted by atomic mass is 9.97. The van der Waals surface area contributed by atoms with Gasteiger partial charge in [-0.15, -0.1) is 0 Å². The Morgan fingerprint density at radius 1 is 1.15 bits per heavy atom. The summed E-state index contributed by atoms with van der Waals surface area (Å²) in [6.07, 6.45) is 0.553. The number of nitrogens with zero attached hydrogens (tertiary/aromatic N) is 1. The van der Waals surface area contributed by atoms with Gasteiger partial charge in [-0.1, -0.05) is 60.7 Å². The number of nitriles is 1. The second kappa shape index (κ2) is 10.2. The van der Waals surface area contributed by atoms with Crippen LogP contribution in [0.5, 0.6) is 5.75 Å². The van der Waals surface area contributed by atoms with E-state index in [0.29, 0.717) is 24.4 Å². The number of fused-ring (bicyclic) bond motifs is 1. The van der Waals surface area contributed by atoms with Crippen molar-refractivity contribution in [2.45, 2.75) is 31.4 Å². The molecule has 1 heterocycles. The van der Waals surface area contributed by atoms with Crippen LogP contribution in [0.3, 0.4) is 0 Å². The van der Waals surface area contributed by atoms with Crippen molar-refractivity contribution in [1.29, 1.82) is 5.26 Å². The van der Waals surface area contributed by atoms with Gasteiger partial charge in [0.15, 0.2) is 5.75 Å². The third-order valence-electron chi connectivity index (χ3n) is 6.03. The summed E-state index contributed by atoms with van der Waals surface area (Å²) in [7, 11) is 0. The van der Waals surface area contributed by atoms with Crippen molar-refractivity contribution in [2.24, 2.45) is 0 Å². The summed E-state index contributed by atoms with van der Waals surface area (Å²) >= 11 is 0. The number of carbonyl (C=O) groups is 1. The monoisotopic (exact) mass is 441 g/mol. The first-order valence-corrected chi connectivity index (χ1v) is 11.1. The highest BCUT2D eigenvalue weighted by Crippen LogP contribution is 2.35. The number of aliphatic carboxylic acids is 1. The van der Waals surface area contributed by atoms with Crippen LogP contribution in [0.4, 0.5) is 5.69 Å². The first-order chi connectivity index (χ1) is 16.1. The van der Waals surface area contributed by atoms with E-state index in [1.165, 1.54) is 0 Å². The summed E-state index contributed by atoms with van der Waals surface area (Å²) in [5, 5.41) is 25.8. The number of benzene rings is 3. The predicted molar refractivity (Wildman–Crippen MR) is 127 cm³/mol. The average Bonchev–Trinajstić information content (AvgIpc) is 2.86. The molecule has 0 bridgehead atoms. The third-order valence-corrected chi connectivity index (χ3v) is 6.03. The SMILES string of the molecule is C[C@@H](C(=O)O)c1cccc(CCN[C@H](c2ccccc2)[C@H]2CNc3cccc(C#N)c3O2)c1. The molecule has 3 atom stereocenters. The van der Waals surface area contributed by atoms with E-state index < -0.39 is 11.9 Å². The van der Waals surface area contributed by atoms with Crippen LogP contribution in [0.1, 0.15) is 41.1 Å². The number of rotatable bonds is 8. The van der Waals surface area contributed by atoms with Gasteiger partial charge in [-0.05, 0) is 48.7 Å². The molecule has 0 aliphatic carbocycles. The van der Waals surface area contributed by atoms with E-state index in [4.69, 9.17) is 4.74 Å². The molecule has 1 aliphatic rings. The fourth-order valence-electron chi connectivity index (χ4n) is 4.14. The lowest BCUT2D eigenvalue weighted by molar-refractivity contribution is -0.138. The summed E-state index contributed by atoms with van der Waals surface area (Å²) in [6, 6.07) is 25.5. The first-order valence-electron chi connectivity index (χ1n) is 11.1. The highest BCUT2D eigenvalue weighted by Gasteiger charge is 2.30. The molecule has 3 aromatic rings. The predicted octanol–water partition coefficient (Wildman–Crippen LogP) is 4.49. The maximum atomic E-state index is 11.3. The third kappa shape index (κ3) is 5.16. The molecule has 168 valence electrons. The number of ether oxygens (including phenoxy) is 1. The molecule has 1 aliphatic heterocycles. The first kappa shape index (κ1) is 22.4. The maximum absolute atomic E-state index is 11.3. The molecule has 0 amide bonds. The van der Waals surface area contributed by atoms with Crippen LogP contribution in [-0.4, -0.2) is 30.3 Å². The van der Waals surface area contributed by atoms with E-state index in [1.54, 1.807) is 13.0 Å². The van der Waals surface area contributed by atoms with Crippen LogP contribution in [-0.2, 0) is 11.2 Å². The van der Waals surface area contributed by atoms with Crippen molar-refractivity contribution in [1.82, 2.24) is 5.32 Å². The van der Waals surface area contributed by atoms with Gasteiger partial charge in [0.1, 0.15) is 12.2 Å². The largest absolute Gasteiger partial charge is 0.483 e. The van der Waals surface area contributed by atoms with Crippen LogP contribution in [0.25, 0.3) is 0 Å². The number of para-hydroxylation sites is 1. The van der Waals surface area contributed by atoms with Crippen LogP contribution in [0.2, 0.25) is 0 Å². The van der Waals surface area contributed by atoms with Gasteiger partial charge in [0, 0.05) is 0 Å². The van der Waals surface area contributed by atoms with Crippen molar-refractivity contribution in [3.63, 3.8) is 0 Å². The maximum Gasteiger partial charge on any atom is 0.310 e. The molecule has 0 saturated carbocycles. The van der Waals surface area contributed by atoms with Gasteiger partial charge in [0.05, 0.1) is 29.8 Å². The molecule has 0 fully saturated rings. The molecular formula is C27H27N3O3. The van der Waals surface area contributed by atoms with Crippen molar-refractivity contribution < 1.29 is 14.6 Å². The summed E-state index contributed by atoms with van der Waals surface area (Å²) in [5.74, 6) is -0.770. The van der Waals surface area contributed by atoms with Gasteiger partial charge >= 0.3 is 5.97 Å². The van der Waals surface area contributed by atoms with Crippen molar-refractivity contribution in [3.8, 4) is 11.8 Å². The number of nitrogens with one attached hydrogen (secondary N) is 2. The van der Waals surface area contributed by atoms with Gasteiger partial charge in [-0.2, -0.15) is 5.26 Å². The summed E-state index contributed by atoms with van der Waals surface area (Å²) < 4.78 is 6.34. The molecule has 0 saturated heterocycles. The van der Waals surface area contributed by atoms with Gasteiger partial charge in [0.25, 0.3) is 0 Å². The van der Waals surface area contributed by atoms with Crippen LogP contribution >= 0.6 is 0 Å². The van der Waals surface area contributed by atoms with Gasteiger partial charge in [-0.3, -0.25) is 4.79 Å². The lowest BCUT2D eigenvalue weighted by Gasteiger charge is -2.34. The standard InChI is InChI=1S/C27H27N3O3/c1-18(27(31)32)21-10-5-7-19(15-21)13-14-29-25(20-8-3-2-4-9-20)24-17-30-23-12-6-11-22(16-28)26(23)33-24/h2-12,15,18,24-25,29-30H,13-14,17H2,1H3,(H,31,32)/t18-,24-,25-/m1/s1. The quantitative estimate of drug-likeness (QED) is 0.477. The van der Waals surface area contributed by atoms with Crippen LogP contribution in [0.15, 0.2) is 72.8 Å². The van der Waals surface area contributed by atoms with Crippen molar-refractivity contribution in [2.75, 3.05) is 18.4 Å². The number of hydrogen-bond donors (Lipinski definition) is 3. The average molecular weight is 442 g/mol. The van der Waals surface area contributed by atoms with Gasteiger partial charge < -0.3 is 20.5 Å². The summed E-state index contributed by atoms with van der Waals surface area (Å²) in [5.41, 5.74) is 4.34. The van der Waals surface area contributed by atoms with E-state index in [1.807, 2.05) is 54.6 Å². The van der Waals surface area contributed by atoms with Crippen molar-refractivity contribution >= 4 is 11.7 Å². The molecule has 0 aromatic heterocycles. The van der Waals surface area contributed by atoms with E-state index in [0.717, 1.165) is 28.8 Å². The zero-order chi connectivity index (χ0) is 23.2. The molecular weight excluding hydrogens is 414 g/mol. The fraction of sp³-hybridized carbons (Fsp3) is 0.259. The molecule has 4 rings (SSSR count). The highest BCUT2D eigenvalue weighted by molar-refractivity contribution is 5.75. The smallest absolute Gasteiger partial charge is 0.310 e. The minimum Gasteiger partial charge on any atom is -0.483 e. The topological polar surface area (TPSA) is 94.4 Å². The number of carboxylic acids is 1. The second-order valence-corrected chi connectivity index (χ2v) is 8.23. The van der Waals surface area contributed by atoms with E-state index >= 15 is 0 Å². The Morgan fingerprint density at radius 3 is 2.67 bits per heavy atom. The Morgan fingerprint density at radius 2 is 1.91 bits per heavy atom. The molecule has 6 nitrogen and oxygen atoms in total. The Bertz CT molecular complexity index is 1160. The highest BCUT2D eigenvalue weighted by atomic mass is 16.5. The fourth-order valence-corrected chi connectivity index (χ4v) is 4.14. The summed E-state index contributed by atoms with van der Waals surface area (Å²) in [6.45, 7) is 3.00. The molecule has 3 N–H and O–H groups in total. The minimum atomic E-state index is -0.826. The molecule has 33 heavy (non-hydrogen) atoms. The summed E-state index contributed by atoms with van der Waals surface area (Å²) in [4.78, 5) is 11.3. The number of carboxylic acid groups (broad SMARTS) is 1. The Hall–Kier alpha value is -3.82. The second-order valence-electron chi connectivity index (χ2n) is 8.23. The molecule has 3 aromatic carbocycles. The van der Waals surface area contributed by atoms with Gasteiger partial charge in [-0.25, -0.2) is 0 Å². The lowest BCUT2D eigenvalue weighted by Crippen LogP contribution is -2.43. The minimum absolute atomic E-state index is 0.0836. The molecule has 0 radical (unpaired) electrons. The van der Waals surface area contributed by atoms with E-state index in [9.17, 15) is 15.2 Å². The van der Waals surface area contributed by atoms with Crippen LogP contribution < -0.4 is 15.4 Å².